The first-order chi connectivity index (χ1) is 15.2. The van der Waals surface area contributed by atoms with Crippen LogP contribution in [0.5, 0.6) is 0 Å². The molecule has 3 aromatic rings. The van der Waals surface area contributed by atoms with Gasteiger partial charge in [-0.1, -0.05) is 23.7 Å². The first-order valence-electron chi connectivity index (χ1n) is 9.49. The first kappa shape index (κ1) is 23.3. The molecule has 0 saturated heterocycles. The molecular formula is C23H21ClN2O5S. The van der Waals surface area contributed by atoms with E-state index in [2.05, 4.69) is 10.1 Å². The van der Waals surface area contributed by atoms with E-state index >= 15 is 0 Å². The summed E-state index contributed by atoms with van der Waals surface area (Å²) in [5.74, 6) is -0.835. The summed E-state index contributed by atoms with van der Waals surface area (Å²) in [4.78, 5) is 24.0. The zero-order valence-corrected chi connectivity index (χ0v) is 19.0. The largest absolute Gasteiger partial charge is 0.465 e. The topological polar surface area (TPSA) is 92.8 Å². The standard InChI is InChI=1S/C23H21ClN2O5S/c1-31-23(28)18-5-11-20(12-6-18)25-22(27)17-7-13-21(14-8-17)26(32(2,29)30)15-16-3-9-19(24)10-4-16/h3-14H,15H2,1-2H3,(H,25,27). The van der Waals surface area contributed by atoms with Crippen molar-refractivity contribution in [3.05, 3.63) is 94.5 Å². The Bertz CT molecular complexity index is 1210. The molecule has 1 amide bonds. The molecule has 166 valence electrons. The molecule has 1 N–H and O–H groups in total. The van der Waals surface area contributed by atoms with Gasteiger partial charge in [-0.05, 0) is 66.2 Å². The molecule has 0 aliphatic heterocycles. The Labute approximate surface area is 191 Å². The molecule has 0 aliphatic carbocycles. The minimum Gasteiger partial charge on any atom is -0.465 e. The lowest BCUT2D eigenvalue weighted by atomic mass is 10.1. The average Bonchev–Trinajstić information content (AvgIpc) is 2.78. The Morgan fingerprint density at radius 3 is 2.00 bits per heavy atom. The number of nitrogens with one attached hydrogen (secondary N) is 1. The van der Waals surface area contributed by atoms with Gasteiger partial charge in [0.15, 0.2) is 0 Å². The van der Waals surface area contributed by atoms with Crippen LogP contribution in [0.3, 0.4) is 0 Å². The minimum atomic E-state index is -3.56. The van der Waals surface area contributed by atoms with Crippen LogP contribution in [0.2, 0.25) is 5.02 Å². The van der Waals surface area contributed by atoms with E-state index in [1.165, 1.54) is 11.4 Å². The summed E-state index contributed by atoms with van der Waals surface area (Å²) in [5.41, 5.74) is 2.44. The highest BCUT2D eigenvalue weighted by Gasteiger charge is 2.18. The number of rotatable bonds is 7. The van der Waals surface area contributed by atoms with Crippen molar-refractivity contribution in [2.24, 2.45) is 0 Å². The van der Waals surface area contributed by atoms with Crippen LogP contribution in [-0.2, 0) is 21.3 Å². The number of methoxy groups -OCH3 is 1. The van der Waals surface area contributed by atoms with Gasteiger partial charge in [-0.15, -0.1) is 0 Å². The Morgan fingerprint density at radius 2 is 1.47 bits per heavy atom. The molecule has 0 aliphatic rings. The maximum Gasteiger partial charge on any atom is 0.337 e. The Hall–Kier alpha value is -3.36. The van der Waals surface area contributed by atoms with Crippen molar-refractivity contribution >= 4 is 44.9 Å². The lowest BCUT2D eigenvalue weighted by Crippen LogP contribution is -2.29. The Morgan fingerprint density at radius 1 is 0.906 bits per heavy atom. The highest BCUT2D eigenvalue weighted by atomic mass is 35.5. The van der Waals surface area contributed by atoms with E-state index in [0.29, 0.717) is 27.5 Å². The summed E-state index contributed by atoms with van der Waals surface area (Å²) >= 11 is 5.90. The van der Waals surface area contributed by atoms with Crippen molar-refractivity contribution in [1.82, 2.24) is 0 Å². The quantitative estimate of drug-likeness (QED) is 0.516. The van der Waals surface area contributed by atoms with Gasteiger partial charge in [-0.25, -0.2) is 13.2 Å². The summed E-state index contributed by atoms with van der Waals surface area (Å²) in [6.07, 6.45) is 1.13. The lowest BCUT2D eigenvalue weighted by molar-refractivity contribution is 0.0600. The number of anilines is 2. The van der Waals surface area contributed by atoms with Crippen molar-refractivity contribution in [3.8, 4) is 0 Å². The highest BCUT2D eigenvalue weighted by molar-refractivity contribution is 7.92. The van der Waals surface area contributed by atoms with Gasteiger partial charge in [0, 0.05) is 16.3 Å². The van der Waals surface area contributed by atoms with Gasteiger partial charge in [-0.2, -0.15) is 0 Å². The smallest absolute Gasteiger partial charge is 0.337 e. The van der Waals surface area contributed by atoms with Crippen LogP contribution < -0.4 is 9.62 Å². The molecule has 0 atom stereocenters. The number of sulfonamides is 1. The zero-order valence-electron chi connectivity index (χ0n) is 17.4. The summed E-state index contributed by atoms with van der Waals surface area (Å²) in [6, 6.07) is 19.4. The maximum atomic E-state index is 12.5. The van der Waals surface area contributed by atoms with Crippen molar-refractivity contribution in [2.45, 2.75) is 6.54 Å². The molecule has 0 bridgehead atoms. The molecule has 0 spiro atoms. The van der Waals surface area contributed by atoms with Crippen LogP contribution in [0, 0.1) is 0 Å². The van der Waals surface area contributed by atoms with Gasteiger partial charge in [0.25, 0.3) is 5.91 Å². The van der Waals surface area contributed by atoms with Gasteiger partial charge >= 0.3 is 5.97 Å². The third kappa shape index (κ3) is 5.87. The van der Waals surface area contributed by atoms with E-state index in [1.807, 2.05) is 0 Å². The number of amides is 1. The molecule has 0 unspecified atom stereocenters. The molecule has 9 heteroatoms. The molecule has 3 rings (SSSR count). The fraction of sp³-hybridized carbons (Fsp3) is 0.130. The molecule has 0 saturated carbocycles. The molecule has 0 aromatic heterocycles. The van der Waals surface area contributed by atoms with E-state index in [0.717, 1.165) is 11.8 Å². The number of carbonyl (C=O) groups excluding carboxylic acids is 2. The van der Waals surface area contributed by atoms with Crippen LogP contribution >= 0.6 is 11.6 Å². The summed E-state index contributed by atoms with van der Waals surface area (Å²) in [6.45, 7) is 0.133. The second-order valence-electron chi connectivity index (χ2n) is 6.97. The van der Waals surface area contributed by atoms with Crippen LogP contribution in [0.25, 0.3) is 0 Å². The predicted molar refractivity (Wildman–Crippen MR) is 125 cm³/mol. The Balaban J connectivity index is 1.74. The number of esters is 1. The molecule has 0 heterocycles. The first-order valence-corrected chi connectivity index (χ1v) is 11.7. The Kier molecular flexibility index (Phi) is 7.17. The molecule has 0 fully saturated rings. The molecule has 7 nitrogen and oxygen atoms in total. The lowest BCUT2D eigenvalue weighted by Gasteiger charge is -2.23. The number of hydrogen-bond donors (Lipinski definition) is 1. The molecule has 0 radical (unpaired) electrons. The van der Waals surface area contributed by atoms with Crippen molar-refractivity contribution in [1.29, 1.82) is 0 Å². The highest BCUT2D eigenvalue weighted by Crippen LogP contribution is 2.22. The van der Waals surface area contributed by atoms with Crippen molar-refractivity contribution in [2.75, 3.05) is 23.0 Å². The zero-order chi connectivity index (χ0) is 23.3. The number of halogens is 1. The second-order valence-corrected chi connectivity index (χ2v) is 9.31. The van der Waals surface area contributed by atoms with E-state index < -0.39 is 16.0 Å². The number of carbonyl (C=O) groups is 2. The van der Waals surface area contributed by atoms with E-state index in [1.54, 1.807) is 72.8 Å². The number of ether oxygens (including phenoxy) is 1. The molecule has 3 aromatic carbocycles. The number of benzene rings is 3. The SMILES string of the molecule is COC(=O)c1ccc(NC(=O)c2ccc(N(Cc3ccc(Cl)cc3)S(C)(=O)=O)cc2)cc1. The van der Waals surface area contributed by atoms with Crippen molar-refractivity contribution in [3.63, 3.8) is 0 Å². The molecule has 32 heavy (non-hydrogen) atoms. The third-order valence-electron chi connectivity index (χ3n) is 4.62. The minimum absolute atomic E-state index is 0.133. The van der Waals surface area contributed by atoms with Crippen LogP contribution in [0.4, 0.5) is 11.4 Å². The number of nitrogens with zero attached hydrogens (tertiary/aromatic N) is 1. The fourth-order valence-corrected chi connectivity index (χ4v) is 3.96. The fourth-order valence-electron chi connectivity index (χ4n) is 2.95. The van der Waals surface area contributed by atoms with Crippen LogP contribution in [0.1, 0.15) is 26.3 Å². The van der Waals surface area contributed by atoms with Gasteiger partial charge in [0.05, 0.1) is 31.2 Å². The van der Waals surface area contributed by atoms with Crippen LogP contribution in [0.15, 0.2) is 72.8 Å². The van der Waals surface area contributed by atoms with Gasteiger partial charge in [-0.3, -0.25) is 9.10 Å². The molecular weight excluding hydrogens is 452 g/mol. The summed E-state index contributed by atoms with van der Waals surface area (Å²) < 4.78 is 30.6. The van der Waals surface area contributed by atoms with Gasteiger partial charge in [0.2, 0.25) is 10.0 Å². The van der Waals surface area contributed by atoms with E-state index in [9.17, 15) is 18.0 Å². The monoisotopic (exact) mass is 472 g/mol. The van der Waals surface area contributed by atoms with Gasteiger partial charge < -0.3 is 10.1 Å². The van der Waals surface area contributed by atoms with Crippen molar-refractivity contribution < 1.29 is 22.7 Å². The van der Waals surface area contributed by atoms with E-state index in [-0.39, 0.29) is 12.5 Å². The van der Waals surface area contributed by atoms with E-state index in [4.69, 9.17) is 11.6 Å². The maximum absolute atomic E-state index is 12.5. The van der Waals surface area contributed by atoms with Crippen LogP contribution in [-0.4, -0.2) is 33.7 Å². The predicted octanol–water partition coefficient (Wildman–Crippen LogP) is 4.35. The average molecular weight is 473 g/mol. The van der Waals surface area contributed by atoms with Gasteiger partial charge in [0.1, 0.15) is 0 Å². The third-order valence-corrected chi connectivity index (χ3v) is 6.01. The summed E-state index contributed by atoms with van der Waals surface area (Å²) in [5, 5.41) is 3.30. The normalized spacial score (nSPS) is 11.0. The summed E-state index contributed by atoms with van der Waals surface area (Å²) in [7, 11) is -2.27. The second kappa shape index (κ2) is 9.84. The number of hydrogen-bond acceptors (Lipinski definition) is 5.